The second-order valence-corrected chi connectivity index (χ2v) is 4.84. The number of carbonyl (C=O) groups excluding carboxylic acids is 1. The minimum absolute atomic E-state index is 0.242. The first kappa shape index (κ1) is 13.3. The minimum atomic E-state index is -1.00. The van der Waals surface area contributed by atoms with E-state index >= 15 is 0 Å². The summed E-state index contributed by atoms with van der Waals surface area (Å²) in [6.45, 7) is 1.72. The Morgan fingerprint density at radius 1 is 1.22 bits per heavy atom. The maximum Gasteiger partial charge on any atom is 0.332 e. The summed E-state index contributed by atoms with van der Waals surface area (Å²) in [6.07, 6.45) is 1.89. The average Bonchev–Trinajstić information content (AvgIpc) is 3.02. The Balaban J connectivity index is 1.55. The summed E-state index contributed by atoms with van der Waals surface area (Å²) >= 11 is 0. The van der Waals surface area contributed by atoms with Gasteiger partial charge >= 0.3 is 5.97 Å². The lowest BCUT2D eigenvalue weighted by atomic mass is 10.2. The molecule has 0 unspecified atom stereocenters. The van der Waals surface area contributed by atoms with Crippen molar-refractivity contribution in [3.05, 3.63) is 0 Å². The topological polar surface area (TPSA) is 84.9 Å². The molecule has 18 heavy (non-hydrogen) atoms. The number of aliphatic carboxylic acids is 1. The van der Waals surface area contributed by atoms with E-state index in [1.54, 1.807) is 0 Å². The molecule has 2 rings (SSSR count). The lowest BCUT2D eigenvalue weighted by Crippen LogP contribution is -2.37. The number of nitrogens with one attached hydrogen (secondary N) is 1. The standard InChI is InChI=1S/C12H19NO5/c14-11(9-3-4-10(18-9)12(15)16)13-5-6-17-7-8-1-2-8/h8-10H,1-7H2,(H,13,14)(H,15,16)/t9-,10+/m0/s1. The fourth-order valence-electron chi connectivity index (χ4n) is 1.91. The summed E-state index contributed by atoms with van der Waals surface area (Å²) < 4.78 is 10.5. The summed E-state index contributed by atoms with van der Waals surface area (Å²) in [5, 5.41) is 11.4. The highest BCUT2D eigenvalue weighted by Gasteiger charge is 2.34. The van der Waals surface area contributed by atoms with Gasteiger partial charge in [-0.05, 0) is 31.6 Å². The van der Waals surface area contributed by atoms with Crippen LogP contribution in [-0.4, -0.2) is 48.9 Å². The Morgan fingerprint density at radius 3 is 2.56 bits per heavy atom. The van der Waals surface area contributed by atoms with Crippen LogP contribution >= 0.6 is 0 Å². The predicted molar refractivity (Wildman–Crippen MR) is 62.1 cm³/mol. The van der Waals surface area contributed by atoms with Gasteiger partial charge in [0.15, 0.2) is 6.10 Å². The zero-order valence-corrected chi connectivity index (χ0v) is 10.3. The van der Waals surface area contributed by atoms with Crippen molar-refractivity contribution < 1.29 is 24.2 Å². The van der Waals surface area contributed by atoms with Crippen LogP contribution in [0.25, 0.3) is 0 Å². The highest BCUT2D eigenvalue weighted by molar-refractivity contribution is 5.82. The smallest absolute Gasteiger partial charge is 0.332 e. The molecule has 102 valence electrons. The number of hydrogen-bond donors (Lipinski definition) is 2. The SMILES string of the molecule is O=C(NCCOCC1CC1)[C@@H]1CC[C@H](C(=O)O)O1. The maximum absolute atomic E-state index is 11.6. The number of ether oxygens (including phenoxy) is 2. The third-order valence-electron chi connectivity index (χ3n) is 3.18. The summed E-state index contributed by atoms with van der Waals surface area (Å²) in [7, 11) is 0. The largest absolute Gasteiger partial charge is 0.479 e. The van der Waals surface area contributed by atoms with Crippen LogP contribution in [0.5, 0.6) is 0 Å². The Labute approximate surface area is 106 Å². The molecule has 0 aromatic heterocycles. The predicted octanol–water partition coefficient (Wildman–Crippen LogP) is 0.161. The molecule has 1 saturated heterocycles. The van der Waals surface area contributed by atoms with E-state index in [4.69, 9.17) is 14.6 Å². The van der Waals surface area contributed by atoms with Crippen LogP contribution in [-0.2, 0) is 19.1 Å². The first-order chi connectivity index (χ1) is 8.66. The highest BCUT2D eigenvalue weighted by Crippen LogP contribution is 2.28. The molecule has 6 nitrogen and oxygen atoms in total. The van der Waals surface area contributed by atoms with Crippen molar-refractivity contribution in [2.75, 3.05) is 19.8 Å². The zero-order chi connectivity index (χ0) is 13.0. The van der Waals surface area contributed by atoms with Gasteiger partial charge in [0.05, 0.1) is 6.61 Å². The molecule has 0 spiro atoms. The Bertz CT molecular complexity index is 316. The van der Waals surface area contributed by atoms with Crippen molar-refractivity contribution in [3.63, 3.8) is 0 Å². The number of amides is 1. The minimum Gasteiger partial charge on any atom is -0.479 e. The molecule has 2 aliphatic rings. The third-order valence-corrected chi connectivity index (χ3v) is 3.18. The van der Waals surface area contributed by atoms with E-state index in [0.717, 1.165) is 12.5 Å². The molecule has 2 atom stereocenters. The number of carboxylic acids is 1. The molecular formula is C12H19NO5. The van der Waals surface area contributed by atoms with Crippen molar-refractivity contribution in [2.45, 2.75) is 37.9 Å². The van der Waals surface area contributed by atoms with E-state index in [1.165, 1.54) is 12.8 Å². The Kier molecular flexibility index (Phi) is 4.54. The van der Waals surface area contributed by atoms with Gasteiger partial charge in [0.2, 0.25) is 5.91 Å². The van der Waals surface area contributed by atoms with Gasteiger partial charge in [-0.25, -0.2) is 4.79 Å². The summed E-state index contributed by atoms with van der Waals surface area (Å²) in [5.41, 5.74) is 0. The number of hydrogen-bond acceptors (Lipinski definition) is 4. The van der Waals surface area contributed by atoms with E-state index in [9.17, 15) is 9.59 Å². The van der Waals surface area contributed by atoms with Gasteiger partial charge in [-0.15, -0.1) is 0 Å². The van der Waals surface area contributed by atoms with Gasteiger partial charge in [0.1, 0.15) is 6.10 Å². The normalized spacial score (nSPS) is 27.1. The van der Waals surface area contributed by atoms with Crippen LogP contribution in [0, 0.1) is 5.92 Å². The first-order valence-electron chi connectivity index (χ1n) is 6.40. The summed E-state index contributed by atoms with van der Waals surface area (Å²) in [5.74, 6) is -0.526. The lowest BCUT2D eigenvalue weighted by molar-refractivity contribution is -0.151. The number of rotatable bonds is 7. The van der Waals surface area contributed by atoms with Gasteiger partial charge < -0.3 is 19.9 Å². The monoisotopic (exact) mass is 257 g/mol. The van der Waals surface area contributed by atoms with Gasteiger partial charge in [0, 0.05) is 13.2 Å². The van der Waals surface area contributed by atoms with Crippen LogP contribution in [0.3, 0.4) is 0 Å². The molecule has 6 heteroatoms. The van der Waals surface area contributed by atoms with Gasteiger partial charge in [-0.1, -0.05) is 0 Å². The van der Waals surface area contributed by atoms with Gasteiger partial charge in [-0.3, -0.25) is 4.79 Å². The highest BCUT2D eigenvalue weighted by atomic mass is 16.5. The second-order valence-electron chi connectivity index (χ2n) is 4.84. The summed E-state index contributed by atoms with van der Waals surface area (Å²) in [6, 6.07) is 0. The van der Waals surface area contributed by atoms with Crippen molar-refractivity contribution in [1.82, 2.24) is 5.32 Å². The van der Waals surface area contributed by atoms with Gasteiger partial charge in [0.25, 0.3) is 0 Å². The van der Waals surface area contributed by atoms with Crippen molar-refractivity contribution >= 4 is 11.9 Å². The van der Waals surface area contributed by atoms with Crippen molar-refractivity contribution in [1.29, 1.82) is 0 Å². The quantitative estimate of drug-likeness (QED) is 0.635. The van der Waals surface area contributed by atoms with Crippen LogP contribution in [0.15, 0.2) is 0 Å². The number of carboxylic acid groups (broad SMARTS) is 1. The lowest BCUT2D eigenvalue weighted by Gasteiger charge is -2.11. The molecular weight excluding hydrogens is 238 g/mol. The molecule has 0 aromatic carbocycles. The van der Waals surface area contributed by atoms with Crippen LogP contribution in [0.1, 0.15) is 25.7 Å². The second kappa shape index (κ2) is 6.15. The molecule has 2 fully saturated rings. The fourth-order valence-corrected chi connectivity index (χ4v) is 1.91. The molecule has 1 heterocycles. The van der Waals surface area contributed by atoms with Crippen LogP contribution < -0.4 is 5.32 Å². The van der Waals surface area contributed by atoms with Crippen LogP contribution in [0.2, 0.25) is 0 Å². The Morgan fingerprint density at radius 2 is 1.94 bits per heavy atom. The Hall–Kier alpha value is -1.14. The third kappa shape index (κ3) is 3.96. The summed E-state index contributed by atoms with van der Waals surface area (Å²) in [4.78, 5) is 22.3. The molecule has 1 aliphatic heterocycles. The van der Waals surface area contributed by atoms with Crippen molar-refractivity contribution in [2.24, 2.45) is 5.92 Å². The van der Waals surface area contributed by atoms with Crippen LogP contribution in [0.4, 0.5) is 0 Å². The molecule has 0 bridgehead atoms. The first-order valence-corrected chi connectivity index (χ1v) is 6.40. The fraction of sp³-hybridized carbons (Fsp3) is 0.833. The van der Waals surface area contributed by atoms with E-state index in [2.05, 4.69) is 5.32 Å². The average molecular weight is 257 g/mol. The zero-order valence-electron chi connectivity index (χ0n) is 10.3. The molecule has 0 radical (unpaired) electrons. The molecule has 1 aliphatic carbocycles. The molecule has 1 saturated carbocycles. The van der Waals surface area contributed by atoms with E-state index < -0.39 is 18.2 Å². The molecule has 0 aromatic rings. The van der Waals surface area contributed by atoms with E-state index in [0.29, 0.717) is 26.0 Å². The van der Waals surface area contributed by atoms with E-state index in [1.807, 2.05) is 0 Å². The molecule has 2 N–H and O–H groups in total. The maximum atomic E-state index is 11.6. The number of carbonyl (C=O) groups is 2. The van der Waals surface area contributed by atoms with Crippen molar-refractivity contribution in [3.8, 4) is 0 Å². The van der Waals surface area contributed by atoms with Gasteiger partial charge in [-0.2, -0.15) is 0 Å². The van der Waals surface area contributed by atoms with E-state index in [-0.39, 0.29) is 5.91 Å². The molecule has 1 amide bonds.